The van der Waals surface area contributed by atoms with Gasteiger partial charge in [0.25, 0.3) is 0 Å². The molecule has 0 aliphatic rings. The lowest BCUT2D eigenvalue weighted by molar-refractivity contribution is 0.0659. The van der Waals surface area contributed by atoms with Crippen LogP contribution in [-0.4, -0.2) is 32.9 Å². The number of rotatable bonds is 3. The quantitative estimate of drug-likeness (QED) is 0.909. The van der Waals surface area contributed by atoms with Gasteiger partial charge < -0.3 is 14.3 Å². The Bertz CT molecular complexity index is 725. The number of benzene rings is 1. The second-order valence-electron chi connectivity index (χ2n) is 3.70. The summed E-state index contributed by atoms with van der Waals surface area (Å²) in [5, 5.41) is 9.20. The molecule has 7 heteroatoms. The highest BCUT2D eigenvalue weighted by molar-refractivity contribution is 7.91. The van der Waals surface area contributed by atoms with Crippen LogP contribution in [0.2, 0.25) is 0 Å². The number of ether oxygens (including phenoxy) is 1. The van der Waals surface area contributed by atoms with Crippen LogP contribution in [0, 0.1) is 0 Å². The maximum Gasteiger partial charge on any atom is 0.373 e. The number of hydrogen-bond donors (Lipinski definition) is 1. The summed E-state index contributed by atoms with van der Waals surface area (Å²) in [5.41, 5.74) is 0.159. The molecule has 0 unspecified atom stereocenters. The van der Waals surface area contributed by atoms with Gasteiger partial charge in [-0.05, 0) is 12.1 Å². The zero-order chi connectivity index (χ0) is 13.5. The Morgan fingerprint density at radius 2 is 2.06 bits per heavy atom. The van der Waals surface area contributed by atoms with Crippen molar-refractivity contribution in [3.8, 4) is 5.75 Å². The molecule has 0 amide bonds. The monoisotopic (exact) mass is 270 g/mol. The van der Waals surface area contributed by atoms with E-state index in [0.717, 1.165) is 6.26 Å². The number of carboxylic acids is 1. The van der Waals surface area contributed by atoms with Crippen molar-refractivity contribution in [2.75, 3.05) is 13.4 Å². The highest BCUT2D eigenvalue weighted by Crippen LogP contribution is 2.32. The van der Waals surface area contributed by atoms with Gasteiger partial charge in [-0.3, -0.25) is 0 Å². The maximum atomic E-state index is 11.6. The number of carbonyl (C=O) groups is 1. The summed E-state index contributed by atoms with van der Waals surface area (Å²) in [4.78, 5) is 10.7. The van der Waals surface area contributed by atoms with Crippen LogP contribution in [0.25, 0.3) is 11.0 Å². The molecule has 0 radical (unpaired) electrons. The summed E-state index contributed by atoms with van der Waals surface area (Å²) in [5.74, 6) is -1.56. The largest absolute Gasteiger partial charge is 0.497 e. The van der Waals surface area contributed by atoms with Crippen molar-refractivity contribution in [2.24, 2.45) is 0 Å². The van der Waals surface area contributed by atoms with Crippen LogP contribution in [0.4, 0.5) is 0 Å². The van der Waals surface area contributed by atoms with E-state index in [1.54, 1.807) is 0 Å². The third kappa shape index (κ3) is 1.92. The molecule has 1 aromatic carbocycles. The SMILES string of the molecule is COc1ccc2c(S(C)(=O)=O)c(C(=O)O)oc2c1. The van der Waals surface area contributed by atoms with Crippen molar-refractivity contribution in [1.29, 1.82) is 0 Å². The van der Waals surface area contributed by atoms with Gasteiger partial charge in [0.1, 0.15) is 16.2 Å². The number of fused-ring (bicyclic) bond motifs is 1. The number of hydrogen-bond acceptors (Lipinski definition) is 5. The highest BCUT2D eigenvalue weighted by Gasteiger charge is 2.27. The summed E-state index contributed by atoms with van der Waals surface area (Å²) in [6.45, 7) is 0. The van der Waals surface area contributed by atoms with Gasteiger partial charge in [0, 0.05) is 17.7 Å². The molecule has 0 bridgehead atoms. The minimum Gasteiger partial charge on any atom is -0.497 e. The number of sulfone groups is 1. The van der Waals surface area contributed by atoms with Crippen LogP contribution < -0.4 is 4.74 Å². The van der Waals surface area contributed by atoms with Crippen LogP contribution in [-0.2, 0) is 9.84 Å². The second-order valence-corrected chi connectivity index (χ2v) is 5.65. The van der Waals surface area contributed by atoms with Crippen molar-refractivity contribution < 1.29 is 27.5 Å². The molecular formula is C11H10O6S. The van der Waals surface area contributed by atoms with Crippen LogP contribution in [0.15, 0.2) is 27.5 Å². The predicted octanol–water partition coefficient (Wildman–Crippen LogP) is 1.54. The number of furan rings is 1. The molecule has 2 rings (SSSR count). The molecule has 0 aliphatic carbocycles. The molecule has 0 saturated carbocycles. The summed E-state index contributed by atoms with van der Waals surface area (Å²) < 4.78 is 33.3. The fourth-order valence-electron chi connectivity index (χ4n) is 1.69. The Labute approximate surface area is 103 Å². The number of methoxy groups -OCH3 is 1. The summed E-state index contributed by atoms with van der Waals surface area (Å²) in [6, 6.07) is 4.44. The Morgan fingerprint density at radius 1 is 1.39 bits per heavy atom. The molecule has 0 fully saturated rings. The van der Waals surface area contributed by atoms with Gasteiger partial charge in [-0.2, -0.15) is 0 Å². The zero-order valence-corrected chi connectivity index (χ0v) is 10.4. The lowest BCUT2D eigenvalue weighted by Crippen LogP contribution is -2.04. The first kappa shape index (κ1) is 12.4. The molecule has 6 nitrogen and oxygen atoms in total. The first-order valence-electron chi connectivity index (χ1n) is 4.88. The van der Waals surface area contributed by atoms with Crippen molar-refractivity contribution in [3.63, 3.8) is 0 Å². The van der Waals surface area contributed by atoms with Gasteiger partial charge in [0.2, 0.25) is 5.76 Å². The van der Waals surface area contributed by atoms with Gasteiger partial charge in [-0.15, -0.1) is 0 Å². The Kier molecular flexibility index (Phi) is 2.78. The van der Waals surface area contributed by atoms with E-state index in [2.05, 4.69) is 0 Å². The predicted molar refractivity (Wildman–Crippen MR) is 62.8 cm³/mol. The average molecular weight is 270 g/mol. The van der Waals surface area contributed by atoms with Gasteiger partial charge >= 0.3 is 5.97 Å². The van der Waals surface area contributed by atoms with Crippen LogP contribution >= 0.6 is 0 Å². The van der Waals surface area contributed by atoms with E-state index in [1.165, 1.54) is 25.3 Å². The van der Waals surface area contributed by atoms with E-state index >= 15 is 0 Å². The third-order valence-corrected chi connectivity index (χ3v) is 3.56. The number of aromatic carboxylic acids is 1. The summed E-state index contributed by atoms with van der Waals surface area (Å²) in [6.07, 6.45) is 0.938. The van der Waals surface area contributed by atoms with E-state index in [9.17, 15) is 13.2 Å². The highest BCUT2D eigenvalue weighted by atomic mass is 32.2. The standard InChI is InChI=1S/C11H10O6S/c1-16-6-3-4-7-8(5-6)17-9(11(12)13)10(7)18(2,14)15/h3-5H,1-2H3,(H,12,13). The molecular weight excluding hydrogens is 260 g/mol. The van der Waals surface area contributed by atoms with E-state index in [0.29, 0.717) is 5.75 Å². The van der Waals surface area contributed by atoms with Crippen molar-refractivity contribution in [3.05, 3.63) is 24.0 Å². The lowest BCUT2D eigenvalue weighted by atomic mass is 10.2. The molecule has 0 saturated heterocycles. The minimum atomic E-state index is -3.70. The van der Waals surface area contributed by atoms with Gasteiger partial charge in [0.15, 0.2) is 9.84 Å². The van der Waals surface area contributed by atoms with E-state index in [4.69, 9.17) is 14.3 Å². The molecule has 18 heavy (non-hydrogen) atoms. The van der Waals surface area contributed by atoms with Crippen molar-refractivity contribution in [1.82, 2.24) is 0 Å². The first-order chi connectivity index (χ1) is 8.34. The summed E-state index contributed by atoms with van der Waals surface area (Å²) in [7, 11) is -2.25. The van der Waals surface area contributed by atoms with E-state index in [-0.39, 0.29) is 15.9 Å². The number of carboxylic acid groups (broad SMARTS) is 1. The Balaban J connectivity index is 2.89. The Morgan fingerprint density at radius 3 is 2.56 bits per heavy atom. The van der Waals surface area contributed by atoms with Crippen LogP contribution in [0.3, 0.4) is 0 Å². The van der Waals surface area contributed by atoms with Gasteiger partial charge in [-0.1, -0.05) is 0 Å². The average Bonchev–Trinajstić information content (AvgIpc) is 2.66. The first-order valence-corrected chi connectivity index (χ1v) is 6.77. The summed E-state index contributed by atoms with van der Waals surface area (Å²) >= 11 is 0. The fourth-order valence-corrected chi connectivity index (χ4v) is 2.72. The maximum absolute atomic E-state index is 11.6. The van der Waals surface area contributed by atoms with Gasteiger partial charge in [-0.25, -0.2) is 13.2 Å². The van der Waals surface area contributed by atoms with Gasteiger partial charge in [0.05, 0.1) is 7.11 Å². The third-order valence-electron chi connectivity index (χ3n) is 2.42. The molecule has 0 atom stereocenters. The molecule has 1 N–H and O–H groups in total. The topological polar surface area (TPSA) is 93.8 Å². The second kappa shape index (κ2) is 4.02. The zero-order valence-electron chi connectivity index (χ0n) is 9.63. The molecule has 1 heterocycles. The van der Waals surface area contributed by atoms with Crippen molar-refractivity contribution in [2.45, 2.75) is 4.90 Å². The molecule has 0 aliphatic heterocycles. The lowest BCUT2D eigenvalue weighted by Gasteiger charge is -1.98. The van der Waals surface area contributed by atoms with Crippen LogP contribution in [0.1, 0.15) is 10.6 Å². The van der Waals surface area contributed by atoms with E-state index < -0.39 is 21.6 Å². The normalized spacial score (nSPS) is 11.7. The fraction of sp³-hybridized carbons (Fsp3) is 0.182. The van der Waals surface area contributed by atoms with E-state index in [1.807, 2.05) is 0 Å². The minimum absolute atomic E-state index is 0.159. The Hall–Kier alpha value is -2.02. The smallest absolute Gasteiger partial charge is 0.373 e. The van der Waals surface area contributed by atoms with Crippen LogP contribution in [0.5, 0.6) is 5.75 Å². The molecule has 96 valence electrons. The molecule has 1 aromatic heterocycles. The molecule has 2 aromatic rings. The van der Waals surface area contributed by atoms with Crippen molar-refractivity contribution >= 4 is 26.8 Å². The molecule has 0 spiro atoms.